The summed E-state index contributed by atoms with van der Waals surface area (Å²) in [5.74, 6) is -0.863. The Balaban J connectivity index is 2.73. The second kappa shape index (κ2) is 7.89. The van der Waals surface area contributed by atoms with Crippen LogP contribution in [0.2, 0.25) is 0 Å². The van der Waals surface area contributed by atoms with Crippen molar-refractivity contribution in [2.75, 3.05) is 6.61 Å². The van der Waals surface area contributed by atoms with Crippen LogP contribution in [-0.4, -0.2) is 29.8 Å². The molecule has 0 saturated carbocycles. The zero-order valence-corrected chi connectivity index (χ0v) is 12.9. The van der Waals surface area contributed by atoms with Crippen LogP contribution in [0.1, 0.15) is 30.7 Å². The number of hydrogen-bond donors (Lipinski definition) is 1. The summed E-state index contributed by atoms with van der Waals surface area (Å²) >= 11 is 3.07. The van der Waals surface area contributed by atoms with Gasteiger partial charge in [-0.25, -0.2) is 4.79 Å². The third-order valence-corrected chi connectivity index (χ3v) is 3.51. The van der Waals surface area contributed by atoms with E-state index in [1.807, 2.05) is 6.92 Å². The summed E-state index contributed by atoms with van der Waals surface area (Å²) in [5.41, 5.74) is 0.606. The molecule has 0 aliphatic heterocycles. The molecule has 2 atom stereocenters. The molecule has 110 valence electrons. The summed E-state index contributed by atoms with van der Waals surface area (Å²) in [6, 6.07) is 6.55. The fraction of sp³-hybridized carbons (Fsp3) is 0.429. The van der Waals surface area contributed by atoms with Crippen LogP contribution in [0, 0.1) is 0 Å². The molecule has 5 nitrogen and oxygen atoms in total. The molecule has 0 aliphatic carbocycles. The number of hydrogen-bond acceptors (Lipinski definition) is 4. The van der Waals surface area contributed by atoms with Crippen molar-refractivity contribution < 1.29 is 24.2 Å². The van der Waals surface area contributed by atoms with Crippen molar-refractivity contribution in [2.24, 2.45) is 0 Å². The predicted molar refractivity (Wildman–Crippen MR) is 77.1 cm³/mol. The minimum absolute atomic E-state index is 0.307. The minimum Gasteiger partial charge on any atom is -0.480 e. The zero-order chi connectivity index (χ0) is 15.1. The standard InChI is InChI=1S/C14H17BrO5/c1-3-11(14(18)19-4-2)20-10-7-5-9(6-8-10)12(15)13(16)17/h5-8,11-12H,3-4H2,1-2H3,(H,16,17). The fourth-order valence-electron chi connectivity index (χ4n) is 1.56. The minimum atomic E-state index is -0.961. The molecule has 0 bridgehead atoms. The quantitative estimate of drug-likeness (QED) is 0.608. The smallest absolute Gasteiger partial charge is 0.347 e. The number of alkyl halides is 1. The number of halogens is 1. The van der Waals surface area contributed by atoms with Crippen LogP contribution in [0.5, 0.6) is 5.75 Å². The molecular formula is C14H17BrO5. The monoisotopic (exact) mass is 344 g/mol. The van der Waals surface area contributed by atoms with Gasteiger partial charge in [-0.15, -0.1) is 0 Å². The van der Waals surface area contributed by atoms with Gasteiger partial charge < -0.3 is 14.6 Å². The van der Waals surface area contributed by atoms with Gasteiger partial charge in [-0.1, -0.05) is 35.0 Å². The van der Waals surface area contributed by atoms with Crippen LogP contribution in [0.25, 0.3) is 0 Å². The maximum Gasteiger partial charge on any atom is 0.347 e. The Morgan fingerprint density at radius 2 is 1.85 bits per heavy atom. The molecular weight excluding hydrogens is 328 g/mol. The Kier molecular flexibility index (Phi) is 6.51. The molecule has 1 aromatic carbocycles. The third-order valence-electron chi connectivity index (χ3n) is 2.59. The van der Waals surface area contributed by atoms with Gasteiger partial charge in [0.1, 0.15) is 10.6 Å². The number of carbonyl (C=O) groups excluding carboxylic acids is 1. The molecule has 1 N–H and O–H groups in total. The van der Waals surface area contributed by atoms with Crippen molar-refractivity contribution in [1.82, 2.24) is 0 Å². The van der Waals surface area contributed by atoms with Crippen molar-refractivity contribution in [3.8, 4) is 5.75 Å². The molecule has 0 spiro atoms. The Morgan fingerprint density at radius 1 is 1.25 bits per heavy atom. The Morgan fingerprint density at radius 3 is 2.30 bits per heavy atom. The normalized spacial score (nSPS) is 13.3. The first-order valence-electron chi connectivity index (χ1n) is 6.29. The van der Waals surface area contributed by atoms with E-state index in [9.17, 15) is 9.59 Å². The Labute approximate surface area is 126 Å². The van der Waals surface area contributed by atoms with E-state index in [-0.39, 0.29) is 0 Å². The first kappa shape index (κ1) is 16.5. The largest absolute Gasteiger partial charge is 0.480 e. The van der Waals surface area contributed by atoms with E-state index in [4.69, 9.17) is 14.6 Å². The molecule has 0 amide bonds. The number of carboxylic acid groups (broad SMARTS) is 1. The van der Waals surface area contributed by atoms with Crippen molar-refractivity contribution in [1.29, 1.82) is 0 Å². The number of ether oxygens (including phenoxy) is 2. The SMILES string of the molecule is CCOC(=O)C(CC)Oc1ccc(C(Br)C(=O)O)cc1. The van der Waals surface area contributed by atoms with Crippen molar-refractivity contribution in [3.63, 3.8) is 0 Å². The van der Waals surface area contributed by atoms with E-state index < -0.39 is 22.9 Å². The van der Waals surface area contributed by atoms with E-state index in [1.54, 1.807) is 31.2 Å². The number of benzene rings is 1. The van der Waals surface area contributed by atoms with Crippen molar-refractivity contribution in [2.45, 2.75) is 31.2 Å². The van der Waals surface area contributed by atoms with Gasteiger partial charge in [-0.2, -0.15) is 0 Å². The molecule has 0 heterocycles. The van der Waals surface area contributed by atoms with Gasteiger partial charge >= 0.3 is 11.9 Å². The molecule has 20 heavy (non-hydrogen) atoms. The second-order valence-electron chi connectivity index (χ2n) is 4.04. The first-order chi connectivity index (χ1) is 9.49. The maximum absolute atomic E-state index is 11.6. The summed E-state index contributed by atoms with van der Waals surface area (Å²) in [6.45, 7) is 3.87. The number of carbonyl (C=O) groups is 2. The maximum atomic E-state index is 11.6. The molecule has 1 rings (SSSR count). The van der Waals surface area contributed by atoms with Gasteiger partial charge in [-0.05, 0) is 31.0 Å². The van der Waals surface area contributed by atoms with E-state index in [0.717, 1.165) is 0 Å². The van der Waals surface area contributed by atoms with Crippen LogP contribution in [0.3, 0.4) is 0 Å². The Hall–Kier alpha value is -1.56. The van der Waals surface area contributed by atoms with Crippen LogP contribution >= 0.6 is 15.9 Å². The highest BCUT2D eigenvalue weighted by Crippen LogP contribution is 2.25. The molecule has 0 radical (unpaired) electrons. The lowest BCUT2D eigenvalue weighted by Gasteiger charge is -2.16. The first-order valence-corrected chi connectivity index (χ1v) is 7.21. The summed E-state index contributed by atoms with van der Waals surface area (Å²) < 4.78 is 10.4. The topological polar surface area (TPSA) is 72.8 Å². The summed E-state index contributed by atoms with van der Waals surface area (Å²) in [7, 11) is 0. The zero-order valence-electron chi connectivity index (χ0n) is 11.3. The molecule has 0 aromatic heterocycles. The van der Waals surface area contributed by atoms with Crippen molar-refractivity contribution in [3.05, 3.63) is 29.8 Å². The fourth-order valence-corrected chi connectivity index (χ4v) is 1.86. The summed E-state index contributed by atoms with van der Waals surface area (Å²) in [4.78, 5) is 21.7. The summed E-state index contributed by atoms with van der Waals surface area (Å²) in [5, 5.41) is 8.88. The highest BCUT2D eigenvalue weighted by atomic mass is 79.9. The molecule has 6 heteroatoms. The lowest BCUT2D eigenvalue weighted by Crippen LogP contribution is -2.28. The Bertz CT molecular complexity index is 457. The number of aliphatic carboxylic acids is 1. The van der Waals surface area contributed by atoms with Crippen LogP contribution in [0.4, 0.5) is 0 Å². The lowest BCUT2D eigenvalue weighted by atomic mass is 10.1. The molecule has 0 aliphatic rings. The highest BCUT2D eigenvalue weighted by molar-refractivity contribution is 9.09. The van der Waals surface area contributed by atoms with Crippen LogP contribution < -0.4 is 4.74 Å². The van der Waals surface area contributed by atoms with Crippen LogP contribution in [0.15, 0.2) is 24.3 Å². The average molecular weight is 345 g/mol. The van der Waals surface area contributed by atoms with E-state index in [1.165, 1.54) is 0 Å². The van der Waals surface area contributed by atoms with Gasteiger partial charge in [0.25, 0.3) is 0 Å². The molecule has 1 aromatic rings. The predicted octanol–water partition coefficient (Wildman–Crippen LogP) is 2.93. The lowest BCUT2D eigenvalue weighted by molar-refractivity contribution is -0.151. The summed E-state index contributed by atoms with van der Waals surface area (Å²) in [6.07, 6.45) is -0.156. The van der Waals surface area contributed by atoms with E-state index >= 15 is 0 Å². The second-order valence-corrected chi connectivity index (χ2v) is 4.95. The van der Waals surface area contributed by atoms with Gasteiger partial charge in [-0.3, -0.25) is 4.79 Å². The number of rotatable bonds is 7. The average Bonchev–Trinajstić information content (AvgIpc) is 2.44. The number of esters is 1. The molecule has 0 fully saturated rings. The van der Waals surface area contributed by atoms with Crippen molar-refractivity contribution >= 4 is 27.9 Å². The highest BCUT2D eigenvalue weighted by Gasteiger charge is 2.20. The van der Waals surface area contributed by atoms with Crippen LogP contribution in [-0.2, 0) is 14.3 Å². The van der Waals surface area contributed by atoms with Gasteiger partial charge in [0.05, 0.1) is 6.61 Å². The molecule has 0 saturated heterocycles. The van der Waals surface area contributed by atoms with Gasteiger partial charge in [0.2, 0.25) is 0 Å². The van der Waals surface area contributed by atoms with Gasteiger partial charge in [0, 0.05) is 0 Å². The van der Waals surface area contributed by atoms with E-state index in [0.29, 0.717) is 24.3 Å². The van der Waals surface area contributed by atoms with Gasteiger partial charge in [0.15, 0.2) is 6.10 Å². The number of carboxylic acids is 1. The third kappa shape index (κ3) is 4.52. The van der Waals surface area contributed by atoms with E-state index in [2.05, 4.69) is 15.9 Å². The molecule has 2 unspecified atom stereocenters.